The fraction of sp³-hybridized carbons (Fsp3) is 0.464. The van der Waals surface area contributed by atoms with Crippen LogP contribution in [-0.2, 0) is 4.84 Å². The maximum atomic E-state index is 11.4. The Morgan fingerprint density at radius 2 is 1.82 bits per heavy atom. The molecule has 38 heavy (non-hydrogen) atoms. The molecule has 2 saturated heterocycles. The average molecular weight is 572 g/mol. The normalized spacial score (nSPS) is 27.1. The van der Waals surface area contributed by atoms with Gasteiger partial charge in [-0.25, -0.2) is 9.78 Å². The monoisotopic (exact) mass is 570 g/mol. The Kier molecular flexibility index (Phi) is 6.26. The van der Waals surface area contributed by atoms with E-state index in [-0.39, 0.29) is 12.0 Å². The van der Waals surface area contributed by atoms with E-state index in [9.17, 15) is 9.90 Å². The summed E-state index contributed by atoms with van der Waals surface area (Å²) in [5.41, 5.74) is 2.89. The Labute approximate surface area is 235 Å². The molecular formula is C28H28Cl2N4O3S. The highest BCUT2D eigenvalue weighted by Crippen LogP contribution is 2.45. The number of hydrogen-bond acceptors (Lipinski definition) is 7. The number of carbonyl (C=O) groups is 1. The number of fused-ring (bicyclic) bond motifs is 3. The fourth-order valence-electron chi connectivity index (χ4n) is 6.49. The van der Waals surface area contributed by atoms with Gasteiger partial charge in [0.15, 0.2) is 5.13 Å². The van der Waals surface area contributed by atoms with Crippen molar-refractivity contribution >= 4 is 61.6 Å². The van der Waals surface area contributed by atoms with Crippen LogP contribution in [0.5, 0.6) is 0 Å². The Morgan fingerprint density at radius 3 is 2.50 bits per heavy atom. The van der Waals surface area contributed by atoms with Gasteiger partial charge in [-0.1, -0.05) is 45.8 Å². The molecule has 0 amide bonds. The number of rotatable bonds is 7. The third kappa shape index (κ3) is 4.35. The van der Waals surface area contributed by atoms with E-state index in [0.717, 1.165) is 65.5 Å². The predicted octanol–water partition coefficient (Wildman–Crippen LogP) is 6.17. The van der Waals surface area contributed by atoms with Gasteiger partial charge < -0.3 is 14.8 Å². The lowest BCUT2D eigenvalue weighted by Gasteiger charge is -2.41. The summed E-state index contributed by atoms with van der Waals surface area (Å²) >= 11 is 14.7. The van der Waals surface area contributed by atoms with Gasteiger partial charge in [-0.15, -0.1) is 0 Å². The number of aromatic nitrogens is 1. The number of carboxylic acids is 1. The highest BCUT2D eigenvalue weighted by atomic mass is 35.5. The molecule has 0 spiro atoms. The quantitative estimate of drug-likeness (QED) is 0.365. The molecule has 4 atom stereocenters. The number of hydrogen-bond donors (Lipinski definition) is 1. The first-order valence-electron chi connectivity index (χ1n) is 13.3. The lowest BCUT2D eigenvalue weighted by Crippen LogP contribution is -2.54. The van der Waals surface area contributed by atoms with E-state index >= 15 is 0 Å². The van der Waals surface area contributed by atoms with E-state index in [1.165, 1.54) is 12.8 Å². The summed E-state index contributed by atoms with van der Waals surface area (Å²) in [7, 11) is 0. The number of anilines is 1. The van der Waals surface area contributed by atoms with Gasteiger partial charge >= 0.3 is 5.97 Å². The molecule has 1 N–H and O–H groups in total. The summed E-state index contributed by atoms with van der Waals surface area (Å²) in [6.45, 7) is 2.96. The van der Waals surface area contributed by atoms with Crippen LogP contribution in [-0.4, -0.2) is 64.5 Å². The van der Waals surface area contributed by atoms with Gasteiger partial charge in [0.1, 0.15) is 6.10 Å². The summed E-state index contributed by atoms with van der Waals surface area (Å²) < 4.78 is 0.930. The van der Waals surface area contributed by atoms with Gasteiger partial charge in [-0.2, -0.15) is 0 Å². The van der Waals surface area contributed by atoms with Crippen LogP contribution in [0.1, 0.15) is 48.0 Å². The van der Waals surface area contributed by atoms with Gasteiger partial charge in [0.05, 0.1) is 31.5 Å². The maximum Gasteiger partial charge on any atom is 0.335 e. The standard InChI is InChI=1S/C28H28Cl2N4O3S/c29-20-2-1-3-21(30)24(20)25-19(26(37-32-25)15-4-5-15)10-11-33-13-17-7-8-18(14-33)34(17)28-31-22-9-6-16(27(35)36)12-23(22)38-28/h1-3,6,9,12,15,17-19,26H,4-5,7-8,10-11,13-14H2,(H,35,36). The zero-order valence-corrected chi connectivity index (χ0v) is 23.1. The third-order valence-corrected chi connectivity index (χ3v) is 10.1. The number of carboxylic acid groups (broad SMARTS) is 1. The highest BCUT2D eigenvalue weighted by molar-refractivity contribution is 7.22. The molecular weight excluding hydrogens is 543 g/mol. The number of likely N-dealkylation sites (tertiary alicyclic amines) is 1. The zero-order valence-electron chi connectivity index (χ0n) is 20.7. The first-order chi connectivity index (χ1) is 18.5. The molecule has 3 aliphatic heterocycles. The molecule has 1 aromatic heterocycles. The topological polar surface area (TPSA) is 78.3 Å². The number of halogens is 2. The molecule has 198 valence electrons. The summed E-state index contributed by atoms with van der Waals surface area (Å²) in [5, 5.41) is 16.1. The van der Waals surface area contributed by atoms with Crippen LogP contribution in [0.2, 0.25) is 10.0 Å². The molecule has 2 bridgehead atoms. The molecule has 7 nitrogen and oxygen atoms in total. The van der Waals surface area contributed by atoms with Gasteiger partial charge in [-0.05, 0) is 74.9 Å². The largest absolute Gasteiger partial charge is 0.478 e. The molecule has 4 unspecified atom stereocenters. The maximum absolute atomic E-state index is 11.4. The van der Waals surface area contributed by atoms with Gasteiger partial charge in [-0.3, -0.25) is 4.90 Å². The number of nitrogens with zero attached hydrogens (tertiary/aromatic N) is 4. The van der Waals surface area contributed by atoms with Crippen molar-refractivity contribution in [2.24, 2.45) is 17.0 Å². The van der Waals surface area contributed by atoms with Gasteiger partial charge in [0.2, 0.25) is 0 Å². The minimum Gasteiger partial charge on any atom is -0.478 e. The van der Waals surface area contributed by atoms with Crippen LogP contribution < -0.4 is 4.90 Å². The van der Waals surface area contributed by atoms with Crippen molar-refractivity contribution in [2.75, 3.05) is 24.5 Å². The van der Waals surface area contributed by atoms with Crippen LogP contribution in [0.15, 0.2) is 41.6 Å². The van der Waals surface area contributed by atoms with Crippen molar-refractivity contribution in [3.63, 3.8) is 0 Å². The van der Waals surface area contributed by atoms with Crippen molar-refractivity contribution in [2.45, 2.75) is 50.3 Å². The van der Waals surface area contributed by atoms with E-state index in [2.05, 4.69) is 15.0 Å². The van der Waals surface area contributed by atoms with Crippen molar-refractivity contribution in [3.05, 3.63) is 57.6 Å². The van der Waals surface area contributed by atoms with Crippen LogP contribution in [0.25, 0.3) is 10.2 Å². The molecule has 3 aromatic rings. The molecule has 4 aliphatic rings. The zero-order chi connectivity index (χ0) is 26.0. The Bertz CT molecular complexity index is 1410. The molecule has 0 radical (unpaired) electrons. The lowest BCUT2D eigenvalue weighted by molar-refractivity contribution is 0.0405. The number of benzene rings is 2. The summed E-state index contributed by atoms with van der Waals surface area (Å²) in [6.07, 6.45) is 5.75. The second-order valence-corrected chi connectivity index (χ2v) is 12.7. The summed E-state index contributed by atoms with van der Waals surface area (Å²) in [5.74, 6) is -0.156. The van der Waals surface area contributed by atoms with Crippen molar-refractivity contribution < 1.29 is 14.7 Å². The first kappa shape index (κ1) is 24.6. The molecule has 4 heterocycles. The number of piperazine rings is 1. The lowest BCUT2D eigenvalue weighted by atomic mass is 9.87. The molecule has 10 heteroatoms. The van der Waals surface area contributed by atoms with Gasteiger partial charge in [0.25, 0.3) is 0 Å². The molecule has 1 aliphatic carbocycles. The average Bonchev–Trinajstić information content (AvgIpc) is 3.42. The van der Waals surface area contributed by atoms with E-state index in [0.29, 0.717) is 33.6 Å². The summed E-state index contributed by atoms with van der Waals surface area (Å²) in [4.78, 5) is 27.3. The minimum atomic E-state index is -0.905. The fourth-order valence-corrected chi connectivity index (χ4v) is 8.23. The SMILES string of the molecule is O=C(O)c1ccc2nc(N3C4CCC3CN(CCC3C(c5c(Cl)cccc5Cl)=NOC3C3CC3)C4)sc2c1. The first-order valence-corrected chi connectivity index (χ1v) is 14.9. The molecule has 3 fully saturated rings. The molecule has 1 saturated carbocycles. The molecule has 2 aromatic carbocycles. The van der Waals surface area contributed by atoms with Crippen molar-refractivity contribution in [3.8, 4) is 0 Å². The van der Waals surface area contributed by atoms with Crippen LogP contribution in [0, 0.1) is 11.8 Å². The third-order valence-electron chi connectivity index (χ3n) is 8.49. The smallest absolute Gasteiger partial charge is 0.335 e. The van der Waals surface area contributed by atoms with E-state index in [1.807, 2.05) is 24.3 Å². The minimum absolute atomic E-state index is 0.105. The Hall–Kier alpha value is -2.39. The Morgan fingerprint density at radius 1 is 1.08 bits per heavy atom. The number of thiazole rings is 1. The van der Waals surface area contributed by atoms with E-state index < -0.39 is 5.97 Å². The van der Waals surface area contributed by atoms with E-state index in [4.69, 9.17) is 33.0 Å². The summed E-state index contributed by atoms with van der Waals surface area (Å²) in [6, 6.07) is 11.6. The number of aromatic carboxylic acids is 1. The second-order valence-electron chi connectivity index (χ2n) is 10.9. The van der Waals surface area contributed by atoms with Crippen LogP contribution >= 0.6 is 34.5 Å². The van der Waals surface area contributed by atoms with E-state index in [1.54, 1.807) is 23.5 Å². The molecule has 7 rings (SSSR count). The number of oxime groups is 1. The van der Waals surface area contributed by atoms with Crippen LogP contribution in [0.4, 0.5) is 5.13 Å². The van der Waals surface area contributed by atoms with Crippen molar-refractivity contribution in [1.82, 2.24) is 9.88 Å². The Balaban J connectivity index is 1.06. The van der Waals surface area contributed by atoms with Crippen molar-refractivity contribution in [1.29, 1.82) is 0 Å². The van der Waals surface area contributed by atoms with Gasteiger partial charge in [0, 0.05) is 36.7 Å². The predicted molar refractivity (Wildman–Crippen MR) is 151 cm³/mol. The highest BCUT2D eigenvalue weighted by Gasteiger charge is 2.46. The second kappa shape index (κ2) is 9.66. The van der Waals surface area contributed by atoms with Crippen LogP contribution in [0.3, 0.4) is 0 Å².